The molecule has 0 amide bonds. The van der Waals surface area contributed by atoms with Crippen molar-refractivity contribution in [1.29, 1.82) is 5.41 Å². The highest BCUT2D eigenvalue weighted by molar-refractivity contribution is 5.96. The number of nitrogens with one attached hydrogen (secondary N) is 1. The van der Waals surface area contributed by atoms with Gasteiger partial charge in [0.1, 0.15) is 18.4 Å². The van der Waals surface area contributed by atoms with Crippen molar-refractivity contribution in [2.75, 3.05) is 34.0 Å². The molecule has 10 nitrogen and oxygen atoms in total. The first-order valence-corrected chi connectivity index (χ1v) is 11.6. The minimum Gasteiger partial charge on any atom is -0.486 e. The van der Waals surface area contributed by atoms with Gasteiger partial charge in [0, 0.05) is 31.4 Å². The summed E-state index contributed by atoms with van der Waals surface area (Å²) in [5.41, 5.74) is 2.51. The first-order valence-electron chi connectivity index (χ1n) is 11.6. The van der Waals surface area contributed by atoms with Gasteiger partial charge in [-0.15, -0.1) is 10.2 Å². The minimum atomic E-state index is -0.315. The first kappa shape index (κ1) is 29.0. The van der Waals surface area contributed by atoms with Crippen LogP contribution in [0.1, 0.15) is 56.6 Å². The number of benzene rings is 1. The summed E-state index contributed by atoms with van der Waals surface area (Å²) in [6, 6.07) is 7.29. The Kier molecular flexibility index (Phi) is 9.77. The quantitative estimate of drug-likeness (QED) is 0.400. The summed E-state index contributed by atoms with van der Waals surface area (Å²) in [6.07, 6.45) is -0.315. The van der Waals surface area contributed by atoms with Crippen molar-refractivity contribution in [3.8, 4) is 11.6 Å². The molecule has 0 fully saturated rings. The van der Waals surface area contributed by atoms with Crippen molar-refractivity contribution >= 4 is 11.4 Å². The van der Waals surface area contributed by atoms with Crippen molar-refractivity contribution < 1.29 is 23.7 Å². The third-order valence-corrected chi connectivity index (χ3v) is 5.44. The van der Waals surface area contributed by atoms with Crippen molar-refractivity contribution in [3.63, 3.8) is 0 Å². The number of fused-ring (bicyclic) bond motifs is 1. The lowest BCUT2D eigenvalue weighted by Gasteiger charge is -2.23. The van der Waals surface area contributed by atoms with E-state index < -0.39 is 0 Å². The number of carbonyl (C=O) groups excluding carboxylic acids is 1. The zero-order chi connectivity index (χ0) is 25.8. The maximum Gasteiger partial charge on any atom is 0.242 e. The second-order valence-corrected chi connectivity index (χ2v) is 9.39. The second-order valence-electron chi connectivity index (χ2n) is 9.39. The van der Waals surface area contributed by atoms with Crippen LogP contribution in [-0.2, 0) is 21.4 Å². The van der Waals surface area contributed by atoms with Gasteiger partial charge in [-0.25, -0.2) is 4.68 Å². The van der Waals surface area contributed by atoms with E-state index in [4.69, 9.17) is 24.4 Å². The lowest BCUT2D eigenvalue weighted by molar-refractivity contribution is 0.0244. The van der Waals surface area contributed by atoms with Gasteiger partial charge in [-0.05, 0) is 43.0 Å². The van der Waals surface area contributed by atoms with Gasteiger partial charge >= 0.3 is 0 Å². The number of hydrogen-bond acceptors (Lipinski definition) is 8. The number of Topliss-reactive ketones (excluding diaryl/α,β-unsaturated/α-hetero) is 1. The van der Waals surface area contributed by atoms with E-state index in [9.17, 15) is 4.79 Å². The van der Waals surface area contributed by atoms with E-state index in [2.05, 4.69) is 31.0 Å². The van der Waals surface area contributed by atoms with E-state index >= 15 is 0 Å². The predicted molar refractivity (Wildman–Crippen MR) is 137 cm³/mol. The van der Waals surface area contributed by atoms with Crippen LogP contribution in [0.25, 0.3) is 5.65 Å². The fraction of sp³-hybridized carbons (Fsp3) is 0.538. The van der Waals surface area contributed by atoms with Gasteiger partial charge in [0.2, 0.25) is 11.5 Å². The molecule has 198 valence electrons. The maximum atomic E-state index is 13.4. The number of hydrogen-bond donors (Lipinski definition) is 1. The van der Waals surface area contributed by atoms with Gasteiger partial charge in [0.05, 0.1) is 19.8 Å². The molecule has 0 atom stereocenters. The SMILES string of the molecule is C.CCOc1cc(C)c2nn(CC(=O)c3cc(OC(COC)COC)cc(C(C)(C)C)c3)c(=N)n2n1. The highest BCUT2D eigenvalue weighted by Crippen LogP contribution is 2.29. The number of aromatic nitrogens is 4. The van der Waals surface area contributed by atoms with Crippen LogP contribution >= 0.6 is 0 Å². The Bertz CT molecular complexity index is 1240. The Labute approximate surface area is 212 Å². The lowest BCUT2D eigenvalue weighted by Crippen LogP contribution is -2.28. The van der Waals surface area contributed by atoms with Gasteiger partial charge in [0.25, 0.3) is 0 Å². The molecule has 0 radical (unpaired) electrons. The molecule has 10 heteroatoms. The molecule has 0 unspecified atom stereocenters. The summed E-state index contributed by atoms with van der Waals surface area (Å²) in [7, 11) is 3.20. The summed E-state index contributed by atoms with van der Waals surface area (Å²) in [5, 5.41) is 17.3. The highest BCUT2D eigenvalue weighted by Gasteiger charge is 2.21. The standard InChI is InChI=1S/C25H35N5O5.CH4/c1-8-34-22-9-16(2)23-28-29(24(26)30(23)27-22)13-21(31)17-10-18(25(3,4)5)12-19(11-17)35-20(14-32-6)15-33-7;/h9-12,20,26H,8,13-15H2,1-7H3;1H4. The van der Waals surface area contributed by atoms with Gasteiger partial charge < -0.3 is 18.9 Å². The predicted octanol–water partition coefficient (Wildman–Crippen LogP) is 3.57. The minimum absolute atomic E-state index is 0. The molecule has 1 N–H and O–H groups in total. The molecule has 3 aromatic rings. The molecule has 0 saturated carbocycles. The summed E-state index contributed by atoms with van der Waals surface area (Å²) >= 11 is 0. The summed E-state index contributed by atoms with van der Waals surface area (Å²) in [4.78, 5) is 13.4. The fourth-order valence-electron chi connectivity index (χ4n) is 3.63. The van der Waals surface area contributed by atoms with Gasteiger partial charge in [-0.1, -0.05) is 28.2 Å². The molecule has 0 saturated heterocycles. The average Bonchev–Trinajstić information content (AvgIpc) is 3.09. The molecule has 36 heavy (non-hydrogen) atoms. The molecule has 0 aliphatic rings. The third kappa shape index (κ3) is 6.70. The van der Waals surface area contributed by atoms with Crippen LogP contribution in [0.5, 0.6) is 11.6 Å². The number of ketones is 1. The number of carbonyl (C=O) groups is 1. The normalized spacial score (nSPS) is 11.6. The topological polar surface area (TPSA) is 113 Å². The van der Waals surface area contributed by atoms with E-state index in [-0.39, 0.29) is 36.9 Å². The first-order chi connectivity index (χ1) is 16.6. The number of methoxy groups -OCH3 is 2. The van der Waals surface area contributed by atoms with Crippen molar-refractivity contribution in [3.05, 3.63) is 46.6 Å². The summed E-state index contributed by atoms with van der Waals surface area (Å²) in [5.74, 6) is 0.772. The summed E-state index contributed by atoms with van der Waals surface area (Å²) < 4.78 is 24.8. The Morgan fingerprint density at radius 2 is 1.75 bits per heavy atom. The number of ether oxygens (including phenoxy) is 4. The number of rotatable bonds is 11. The van der Waals surface area contributed by atoms with Crippen LogP contribution in [0.4, 0.5) is 0 Å². The Morgan fingerprint density at radius 1 is 1.08 bits per heavy atom. The van der Waals surface area contributed by atoms with Gasteiger partial charge in [-0.3, -0.25) is 10.2 Å². The van der Waals surface area contributed by atoms with E-state index in [1.807, 2.05) is 26.0 Å². The zero-order valence-electron chi connectivity index (χ0n) is 21.5. The molecule has 0 spiro atoms. The largest absolute Gasteiger partial charge is 0.486 e. The monoisotopic (exact) mass is 501 g/mol. The Hall–Kier alpha value is -3.24. The van der Waals surface area contributed by atoms with E-state index in [1.54, 1.807) is 26.4 Å². The van der Waals surface area contributed by atoms with Crippen LogP contribution in [0.3, 0.4) is 0 Å². The molecular formula is C26H39N5O5. The molecule has 0 bridgehead atoms. The molecule has 2 aromatic heterocycles. The van der Waals surface area contributed by atoms with E-state index in [0.29, 0.717) is 42.7 Å². The molecular weight excluding hydrogens is 462 g/mol. The smallest absolute Gasteiger partial charge is 0.242 e. The fourth-order valence-corrected chi connectivity index (χ4v) is 3.63. The van der Waals surface area contributed by atoms with Crippen molar-refractivity contribution in [1.82, 2.24) is 19.4 Å². The van der Waals surface area contributed by atoms with Gasteiger partial charge in [-0.2, -0.15) is 4.52 Å². The Morgan fingerprint density at radius 3 is 2.33 bits per heavy atom. The van der Waals surface area contributed by atoms with Crippen LogP contribution in [-0.4, -0.2) is 65.3 Å². The Balaban J connectivity index is 0.00000456. The van der Waals surface area contributed by atoms with Crippen molar-refractivity contribution in [2.24, 2.45) is 0 Å². The summed E-state index contributed by atoms with van der Waals surface area (Å²) in [6.45, 7) is 11.0. The molecule has 1 aromatic carbocycles. The molecule has 2 heterocycles. The van der Waals surface area contributed by atoms with Crippen molar-refractivity contribution in [2.45, 2.75) is 60.1 Å². The second kappa shape index (κ2) is 12.1. The highest BCUT2D eigenvalue weighted by atomic mass is 16.6. The van der Waals surface area contributed by atoms with Crippen LogP contribution in [0, 0.1) is 12.3 Å². The molecule has 0 aliphatic heterocycles. The van der Waals surface area contributed by atoms with Gasteiger partial charge in [0.15, 0.2) is 11.4 Å². The number of nitrogens with zero attached hydrogens (tertiary/aromatic N) is 4. The average molecular weight is 502 g/mol. The maximum absolute atomic E-state index is 13.4. The van der Waals surface area contributed by atoms with Crippen LogP contribution in [0.2, 0.25) is 0 Å². The third-order valence-electron chi connectivity index (χ3n) is 5.44. The van der Waals surface area contributed by atoms with E-state index in [0.717, 1.165) is 11.1 Å². The van der Waals surface area contributed by atoms with Crippen LogP contribution < -0.4 is 15.1 Å². The molecule has 3 rings (SSSR count). The zero-order valence-corrected chi connectivity index (χ0v) is 21.5. The van der Waals surface area contributed by atoms with E-state index in [1.165, 1.54) is 9.20 Å². The lowest BCUT2D eigenvalue weighted by atomic mass is 9.85. The van der Waals surface area contributed by atoms with Crippen LogP contribution in [0.15, 0.2) is 24.3 Å². The molecule has 0 aliphatic carbocycles. The number of aryl methyl sites for hydroxylation is 1.